The molecule has 2 heterocycles. The zero-order valence-electron chi connectivity index (χ0n) is 12.3. The van der Waals surface area contributed by atoms with Gasteiger partial charge in [0, 0.05) is 24.3 Å². The second kappa shape index (κ2) is 6.47. The average molecular weight is 315 g/mol. The smallest absolute Gasteiger partial charge is 0.404 e. The summed E-state index contributed by atoms with van der Waals surface area (Å²) in [4.78, 5) is 26.7. The van der Waals surface area contributed by atoms with Gasteiger partial charge in [-0.25, -0.2) is 9.78 Å². The first-order valence-electron chi connectivity index (χ1n) is 7.38. The van der Waals surface area contributed by atoms with Crippen molar-refractivity contribution in [2.24, 2.45) is 0 Å². The zero-order valence-corrected chi connectivity index (χ0v) is 12.3. The van der Waals surface area contributed by atoms with Crippen LogP contribution in [-0.4, -0.2) is 38.0 Å². The molecule has 1 aliphatic rings. The molecule has 2 aromatic rings. The quantitative estimate of drug-likeness (QED) is 0.783. The number of anilines is 1. The van der Waals surface area contributed by atoms with Gasteiger partial charge in [-0.15, -0.1) is 0 Å². The van der Waals surface area contributed by atoms with Crippen molar-refractivity contribution in [2.45, 2.75) is 31.3 Å². The van der Waals surface area contributed by atoms with Crippen LogP contribution < -0.4 is 16.2 Å². The molecule has 23 heavy (non-hydrogen) atoms. The van der Waals surface area contributed by atoms with Gasteiger partial charge in [0.2, 0.25) is 0 Å². The van der Waals surface area contributed by atoms with Gasteiger partial charge in [-0.3, -0.25) is 4.79 Å². The molecule has 0 spiro atoms. The molecule has 0 radical (unpaired) electrons. The maximum atomic E-state index is 11.7. The molecule has 1 fully saturated rings. The first kappa shape index (κ1) is 15.0. The maximum absolute atomic E-state index is 11.7. The number of aromatic nitrogens is 3. The number of nitrogens with one attached hydrogen (secondary N) is 2. The summed E-state index contributed by atoms with van der Waals surface area (Å²) in [6.45, 7) is 0. The topological polar surface area (TPSA) is 109 Å². The minimum absolute atomic E-state index is 0.0173. The highest BCUT2D eigenvalue weighted by Crippen LogP contribution is 2.22. The molecular weight excluding hydrogens is 298 g/mol. The van der Waals surface area contributed by atoms with Crippen LogP contribution in [0.15, 0.2) is 41.5 Å². The van der Waals surface area contributed by atoms with Crippen molar-refractivity contribution in [1.29, 1.82) is 0 Å². The lowest BCUT2D eigenvalue weighted by molar-refractivity contribution is 0.190. The van der Waals surface area contributed by atoms with Crippen molar-refractivity contribution in [3.8, 4) is 5.69 Å². The summed E-state index contributed by atoms with van der Waals surface area (Å²) in [6.07, 6.45) is 4.56. The molecule has 0 aliphatic heterocycles. The minimum atomic E-state index is -0.987. The zero-order chi connectivity index (χ0) is 16.2. The average Bonchev–Trinajstić information content (AvgIpc) is 2.95. The van der Waals surface area contributed by atoms with E-state index in [2.05, 4.69) is 20.7 Å². The molecule has 0 bridgehead atoms. The van der Waals surface area contributed by atoms with Crippen molar-refractivity contribution < 1.29 is 9.90 Å². The monoisotopic (exact) mass is 315 g/mol. The second-order valence-electron chi connectivity index (χ2n) is 5.48. The van der Waals surface area contributed by atoms with Crippen LogP contribution in [0.4, 0.5) is 10.6 Å². The van der Waals surface area contributed by atoms with E-state index in [1.54, 1.807) is 30.6 Å². The third kappa shape index (κ3) is 3.65. The van der Waals surface area contributed by atoms with Crippen molar-refractivity contribution >= 4 is 11.9 Å². The van der Waals surface area contributed by atoms with Crippen LogP contribution in [0, 0.1) is 0 Å². The first-order chi connectivity index (χ1) is 11.1. The molecule has 2 aromatic heterocycles. The summed E-state index contributed by atoms with van der Waals surface area (Å²) in [7, 11) is 0. The number of carboxylic acid groups (broad SMARTS) is 1. The van der Waals surface area contributed by atoms with E-state index < -0.39 is 6.09 Å². The van der Waals surface area contributed by atoms with Gasteiger partial charge in [0.15, 0.2) is 0 Å². The molecule has 3 N–H and O–H groups in total. The summed E-state index contributed by atoms with van der Waals surface area (Å²) in [6, 6.07) is 6.75. The van der Waals surface area contributed by atoms with Crippen LogP contribution in [0.25, 0.3) is 5.69 Å². The number of hydrogen-bond acceptors (Lipinski definition) is 5. The molecule has 0 aromatic carbocycles. The molecule has 120 valence electrons. The number of nitrogens with zero attached hydrogens (tertiary/aromatic N) is 3. The standard InChI is InChI=1S/C15H17N5O3/c21-14-2-1-7-17-20(14)12-5-6-13(16-9-12)18-10-3-4-11(8-10)19-15(22)23/h1-2,5-7,9-11,19H,3-4,8H2,(H,16,18)(H,22,23)/t10-,11-/m0/s1. The Labute approximate surface area is 132 Å². The predicted octanol–water partition coefficient (Wildman–Crippen LogP) is 1.23. The fraction of sp³-hybridized carbons (Fsp3) is 0.333. The van der Waals surface area contributed by atoms with Crippen LogP contribution in [0.3, 0.4) is 0 Å². The lowest BCUT2D eigenvalue weighted by atomic mass is 10.2. The molecule has 0 saturated heterocycles. The van der Waals surface area contributed by atoms with Crippen LogP contribution in [-0.2, 0) is 0 Å². The van der Waals surface area contributed by atoms with E-state index in [1.807, 2.05) is 0 Å². The summed E-state index contributed by atoms with van der Waals surface area (Å²) in [5.41, 5.74) is 0.381. The number of rotatable bonds is 4. The van der Waals surface area contributed by atoms with E-state index in [1.165, 1.54) is 10.7 Å². The fourth-order valence-electron chi connectivity index (χ4n) is 2.78. The highest BCUT2D eigenvalue weighted by atomic mass is 16.4. The molecule has 8 heteroatoms. The van der Waals surface area contributed by atoms with E-state index in [9.17, 15) is 9.59 Å². The van der Waals surface area contributed by atoms with E-state index in [0.29, 0.717) is 11.5 Å². The van der Waals surface area contributed by atoms with Gasteiger partial charge in [-0.1, -0.05) is 0 Å². The Morgan fingerprint density at radius 2 is 2.09 bits per heavy atom. The molecule has 2 atom stereocenters. The van der Waals surface area contributed by atoms with Crippen LogP contribution >= 0.6 is 0 Å². The number of carbonyl (C=O) groups is 1. The number of pyridine rings is 1. The lowest BCUT2D eigenvalue weighted by Gasteiger charge is -2.14. The highest BCUT2D eigenvalue weighted by molar-refractivity contribution is 5.64. The van der Waals surface area contributed by atoms with Crippen LogP contribution in [0.1, 0.15) is 19.3 Å². The third-order valence-corrected chi connectivity index (χ3v) is 3.82. The maximum Gasteiger partial charge on any atom is 0.404 e. The Bertz CT molecular complexity index is 743. The van der Waals surface area contributed by atoms with Gasteiger partial charge in [0.1, 0.15) is 5.82 Å². The van der Waals surface area contributed by atoms with Crippen molar-refractivity contribution in [1.82, 2.24) is 20.1 Å². The van der Waals surface area contributed by atoms with Gasteiger partial charge in [-0.05, 0) is 37.5 Å². The molecule has 1 aliphatic carbocycles. The van der Waals surface area contributed by atoms with Crippen LogP contribution in [0.5, 0.6) is 0 Å². The third-order valence-electron chi connectivity index (χ3n) is 3.82. The Morgan fingerprint density at radius 1 is 1.26 bits per heavy atom. The Morgan fingerprint density at radius 3 is 2.78 bits per heavy atom. The fourth-order valence-corrected chi connectivity index (χ4v) is 2.78. The Hall–Kier alpha value is -2.90. The largest absolute Gasteiger partial charge is 0.465 e. The van der Waals surface area contributed by atoms with E-state index in [4.69, 9.17) is 5.11 Å². The molecule has 1 amide bonds. The van der Waals surface area contributed by atoms with Crippen LogP contribution in [0.2, 0.25) is 0 Å². The molecule has 1 saturated carbocycles. The lowest BCUT2D eigenvalue weighted by Crippen LogP contribution is -2.32. The molecular formula is C15H17N5O3. The molecule has 0 unspecified atom stereocenters. The van der Waals surface area contributed by atoms with E-state index in [-0.39, 0.29) is 17.6 Å². The van der Waals surface area contributed by atoms with Gasteiger partial charge < -0.3 is 15.7 Å². The Kier molecular flexibility index (Phi) is 4.22. The normalized spacial score (nSPS) is 20.2. The van der Waals surface area contributed by atoms with Gasteiger partial charge in [0.25, 0.3) is 5.56 Å². The van der Waals surface area contributed by atoms with E-state index >= 15 is 0 Å². The molecule has 8 nitrogen and oxygen atoms in total. The van der Waals surface area contributed by atoms with Crippen molar-refractivity contribution in [3.05, 3.63) is 47.0 Å². The number of hydrogen-bond donors (Lipinski definition) is 3. The van der Waals surface area contributed by atoms with E-state index in [0.717, 1.165) is 19.3 Å². The van der Waals surface area contributed by atoms with Crippen molar-refractivity contribution in [2.75, 3.05) is 5.32 Å². The van der Waals surface area contributed by atoms with Gasteiger partial charge in [0.05, 0.1) is 11.9 Å². The Balaban J connectivity index is 1.64. The minimum Gasteiger partial charge on any atom is -0.465 e. The highest BCUT2D eigenvalue weighted by Gasteiger charge is 2.25. The number of amides is 1. The van der Waals surface area contributed by atoms with Crippen molar-refractivity contribution in [3.63, 3.8) is 0 Å². The van der Waals surface area contributed by atoms with Gasteiger partial charge >= 0.3 is 6.09 Å². The summed E-state index contributed by atoms with van der Waals surface area (Å²) in [5.74, 6) is 0.693. The predicted molar refractivity (Wildman–Crippen MR) is 83.8 cm³/mol. The molecule has 3 rings (SSSR count). The SMILES string of the molecule is O=C(O)N[C@H]1CC[C@H](Nc2ccc(-n3ncccc3=O)cn2)C1. The summed E-state index contributed by atoms with van der Waals surface area (Å²) in [5, 5.41) is 18.5. The first-order valence-corrected chi connectivity index (χ1v) is 7.38. The summed E-state index contributed by atoms with van der Waals surface area (Å²) >= 11 is 0. The van der Waals surface area contributed by atoms with Gasteiger partial charge in [-0.2, -0.15) is 9.78 Å². The second-order valence-corrected chi connectivity index (χ2v) is 5.48. The summed E-state index contributed by atoms with van der Waals surface area (Å²) < 4.78 is 1.28.